The van der Waals surface area contributed by atoms with Gasteiger partial charge in [0.1, 0.15) is 0 Å². The van der Waals surface area contributed by atoms with Gasteiger partial charge in [0.25, 0.3) is 0 Å². The van der Waals surface area contributed by atoms with Crippen LogP contribution in [0.25, 0.3) is 0 Å². The second-order valence-electron chi connectivity index (χ2n) is 5.05. The van der Waals surface area contributed by atoms with E-state index in [1.54, 1.807) is 4.90 Å². The molecule has 108 valence electrons. The van der Waals surface area contributed by atoms with E-state index in [1.807, 2.05) is 31.2 Å². The summed E-state index contributed by atoms with van der Waals surface area (Å²) in [7, 11) is 0. The first-order valence-corrected chi connectivity index (χ1v) is 7.37. The fraction of sp³-hybridized carbons (Fsp3) is 0.429. The van der Waals surface area contributed by atoms with Crippen molar-refractivity contribution in [3.63, 3.8) is 0 Å². The number of hydrogen-bond donors (Lipinski definition) is 2. The number of carbonyl (C=O) groups excluding carboxylic acids is 2. The Morgan fingerprint density at radius 3 is 2.60 bits per heavy atom. The fourth-order valence-corrected chi connectivity index (χ4v) is 2.57. The number of halogens is 1. The van der Waals surface area contributed by atoms with Gasteiger partial charge in [0, 0.05) is 23.6 Å². The highest BCUT2D eigenvalue weighted by Gasteiger charge is 2.27. The Kier molecular flexibility index (Phi) is 4.65. The number of likely N-dealkylation sites (tertiary alicyclic amines) is 1. The summed E-state index contributed by atoms with van der Waals surface area (Å²) < 4.78 is 0.988. The van der Waals surface area contributed by atoms with Gasteiger partial charge in [0.2, 0.25) is 5.91 Å². The number of hydrogen-bond acceptors (Lipinski definition) is 2. The minimum atomic E-state index is -0.428. The molecule has 1 heterocycles. The van der Waals surface area contributed by atoms with Crippen LogP contribution in [-0.2, 0) is 4.79 Å². The van der Waals surface area contributed by atoms with E-state index in [0.717, 1.165) is 16.5 Å². The summed E-state index contributed by atoms with van der Waals surface area (Å²) in [6.07, 6.45) is 0.752. The molecule has 3 amide bonds. The lowest BCUT2D eigenvalue weighted by Crippen LogP contribution is -2.41. The number of rotatable bonds is 3. The van der Waals surface area contributed by atoms with Crippen LogP contribution in [0.4, 0.5) is 4.79 Å². The van der Waals surface area contributed by atoms with Crippen LogP contribution < -0.4 is 11.1 Å². The molecule has 2 atom stereocenters. The quantitative estimate of drug-likeness (QED) is 0.881. The summed E-state index contributed by atoms with van der Waals surface area (Å²) in [6, 6.07) is 7.26. The standard InChI is InChI=1S/C14H18BrN3O2/c1-9(10-2-4-11(15)5-3-10)13(19)17-12-6-7-18(8-12)14(16)20/h2-5,9,12H,6-8H2,1H3,(H2,16,20)(H,17,19)/t9-,12-/m1/s1. The van der Waals surface area contributed by atoms with Crippen LogP contribution >= 0.6 is 15.9 Å². The van der Waals surface area contributed by atoms with Gasteiger partial charge in [-0.3, -0.25) is 4.79 Å². The molecule has 0 spiro atoms. The number of carbonyl (C=O) groups is 2. The third-order valence-electron chi connectivity index (χ3n) is 3.61. The molecule has 0 aromatic heterocycles. The number of nitrogens with two attached hydrogens (primary N) is 1. The molecule has 3 N–H and O–H groups in total. The molecule has 0 radical (unpaired) electrons. The zero-order valence-electron chi connectivity index (χ0n) is 11.3. The molecule has 2 rings (SSSR count). The highest BCUT2D eigenvalue weighted by molar-refractivity contribution is 9.10. The van der Waals surface area contributed by atoms with Crippen LogP contribution in [0.15, 0.2) is 28.7 Å². The van der Waals surface area contributed by atoms with E-state index in [4.69, 9.17) is 5.73 Å². The van der Waals surface area contributed by atoms with Crippen LogP contribution in [-0.4, -0.2) is 36.0 Å². The smallest absolute Gasteiger partial charge is 0.314 e. The van der Waals surface area contributed by atoms with Gasteiger partial charge in [-0.05, 0) is 31.0 Å². The number of urea groups is 1. The van der Waals surface area contributed by atoms with E-state index in [9.17, 15) is 9.59 Å². The number of nitrogens with one attached hydrogen (secondary N) is 1. The summed E-state index contributed by atoms with van der Waals surface area (Å²) >= 11 is 3.37. The van der Waals surface area contributed by atoms with Gasteiger partial charge < -0.3 is 16.0 Å². The van der Waals surface area contributed by atoms with Crippen molar-refractivity contribution in [2.24, 2.45) is 5.73 Å². The Morgan fingerprint density at radius 1 is 1.40 bits per heavy atom. The van der Waals surface area contributed by atoms with Gasteiger partial charge in [-0.1, -0.05) is 28.1 Å². The Labute approximate surface area is 126 Å². The molecule has 20 heavy (non-hydrogen) atoms. The zero-order valence-corrected chi connectivity index (χ0v) is 12.9. The molecule has 5 nitrogen and oxygen atoms in total. The van der Waals surface area contributed by atoms with E-state index in [-0.39, 0.29) is 17.9 Å². The maximum atomic E-state index is 12.2. The Morgan fingerprint density at radius 2 is 2.05 bits per heavy atom. The predicted molar refractivity (Wildman–Crippen MR) is 80.3 cm³/mol. The van der Waals surface area contributed by atoms with Crippen LogP contribution in [0.5, 0.6) is 0 Å². The fourth-order valence-electron chi connectivity index (χ4n) is 2.31. The molecule has 1 aromatic carbocycles. The van der Waals surface area contributed by atoms with E-state index < -0.39 is 6.03 Å². The van der Waals surface area contributed by atoms with Crippen LogP contribution in [0.1, 0.15) is 24.8 Å². The van der Waals surface area contributed by atoms with Crippen LogP contribution in [0.2, 0.25) is 0 Å². The molecule has 1 fully saturated rings. The van der Waals surface area contributed by atoms with Crippen molar-refractivity contribution in [3.8, 4) is 0 Å². The van der Waals surface area contributed by atoms with Gasteiger partial charge in [-0.2, -0.15) is 0 Å². The van der Waals surface area contributed by atoms with E-state index in [1.165, 1.54) is 0 Å². The van der Waals surface area contributed by atoms with Crippen LogP contribution in [0, 0.1) is 0 Å². The molecule has 0 bridgehead atoms. The predicted octanol–water partition coefficient (Wildman–Crippen LogP) is 1.82. The topological polar surface area (TPSA) is 75.4 Å². The summed E-state index contributed by atoms with van der Waals surface area (Å²) in [5, 5.41) is 2.98. The minimum Gasteiger partial charge on any atom is -0.351 e. The molecular formula is C14H18BrN3O2. The zero-order chi connectivity index (χ0) is 14.7. The Balaban J connectivity index is 1.92. The highest BCUT2D eigenvalue weighted by Crippen LogP contribution is 2.19. The van der Waals surface area contributed by atoms with Crippen LogP contribution in [0.3, 0.4) is 0 Å². The summed E-state index contributed by atoms with van der Waals surface area (Å²) in [6.45, 7) is 2.97. The summed E-state index contributed by atoms with van der Waals surface area (Å²) in [5.74, 6) is -0.241. The second-order valence-corrected chi connectivity index (χ2v) is 5.97. The van der Waals surface area contributed by atoms with Gasteiger partial charge in [0.15, 0.2) is 0 Å². The van der Waals surface area contributed by atoms with Crippen molar-refractivity contribution in [2.45, 2.75) is 25.3 Å². The Hall–Kier alpha value is -1.56. The number of benzene rings is 1. The monoisotopic (exact) mass is 339 g/mol. The number of amides is 3. The highest BCUT2D eigenvalue weighted by atomic mass is 79.9. The summed E-state index contributed by atoms with van der Waals surface area (Å²) in [5.41, 5.74) is 6.19. The van der Waals surface area contributed by atoms with Crippen molar-refractivity contribution in [1.82, 2.24) is 10.2 Å². The average Bonchev–Trinajstić information content (AvgIpc) is 2.87. The minimum absolute atomic E-state index is 0.00658. The SMILES string of the molecule is C[C@@H](C(=O)N[C@@H]1CCN(C(N)=O)C1)c1ccc(Br)cc1. The average molecular weight is 340 g/mol. The molecule has 0 saturated carbocycles. The van der Waals surface area contributed by atoms with Crippen molar-refractivity contribution in [2.75, 3.05) is 13.1 Å². The largest absolute Gasteiger partial charge is 0.351 e. The number of primary amides is 1. The summed E-state index contributed by atoms with van der Waals surface area (Å²) in [4.78, 5) is 24.8. The van der Waals surface area contributed by atoms with Gasteiger partial charge in [-0.15, -0.1) is 0 Å². The lowest BCUT2D eigenvalue weighted by atomic mass is 10.00. The first-order chi connectivity index (χ1) is 9.47. The normalized spacial score (nSPS) is 19.7. The molecule has 1 aliphatic rings. The van der Waals surface area contributed by atoms with E-state index in [0.29, 0.717) is 13.1 Å². The van der Waals surface area contributed by atoms with E-state index in [2.05, 4.69) is 21.2 Å². The Bertz CT molecular complexity index is 504. The maximum Gasteiger partial charge on any atom is 0.314 e. The molecule has 0 unspecified atom stereocenters. The second kappa shape index (κ2) is 6.26. The molecule has 1 aliphatic heterocycles. The third-order valence-corrected chi connectivity index (χ3v) is 4.14. The lowest BCUT2D eigenvalue weighted by Gasteiger charge is -2.18. The first-order valence-electron chi connectivity index (χ1n) is 6.57. The van der Waals surface area contributed by atoms with Crippen molar-refractivity contribution < 1.29 is 9.59 Å². The van der Waals surface area contributed by atoms with Crippen molar-refractivity contribution in [3.05, 3.63) is 34.3 Å². The molecular weight excluding hydrogens is 322 g/mol. The van der Waals surface area contributed by atoms with Crippen molar-refractivity contribution in [1.29, 1.82) is 0 Å². The molecule has 1 saturated heterocycles. The molecule has 0 aliphatic carbocycles. The van der Waals surface area contributed by atoms with Crippen molar-refractivity contribution >= 4 is 27.9 Å². The van der Waals surface area contributed by atoms with Gasteiger partial charge in [-0.25, -0.2) is 4.79 Å². The number of nitrogens with zero attached hydrogens (tertiary/aromatic N) is 1. The molecule has 1 aromatic rings. The first kappa shape index (κ1) is 14.8. The van der Waals surface area contributed by atoms with Gasteiger partial charge in [0.05, 0.1) is 5.92 Å². The lowest BCUT2D eigenvalue weighted by molar-refractivity contribution is -0.122. The van der Waals surface area contributed by atoms with Gasteiger partial charge >= 0.3 is 6.03 Å². The van der Waals surface area contributed by atoms with E-state index >= 15 is 0 Å². The maximum absolute atomic E-state index is 12.2. The third kappa shape index (κ3) is 3.50. The molecule has 6 heteroatoms.